The Hall–Kier alpha value is -5.83. The molecule has 15 heteroatoms. The van der Waals surface area contributed by atoms with Crippen LogP contribution < -0.4 is 10.6 Å². The number of H-pyrrole nitrogens is 2. The molecule has 0 radical (unpaired) electrons. The van der Waals surface area contributed by atoms with E-state index in [9.17, 15) is 19.2 Å². The van der Waals surface area contributed by atoms with Gasteiger partial charge in [-0.3, -0.25) is 9.59 Å². The summed E-state index contributed by atoms with van der Waals surface area (Å²) in [6, 6.07) is 19.4. The second-order valence-electron chi connectivity index (χ2n) is 16.7. The SMILES string of the molecule is COC(=O)N[C@H](C(=O)N(CCS)Cc1ncc(-c2ccc(-c3ccc4cc(-c5cnc([C@@H]6CC7(CC7)CN6C(=O)[C@@H](NC(=O)OC)C(C)C)[nH]5)ccc4c3)cc2)[nH]1)C(C)C. The van der Waals surface area contributed by atoms with Gasteiger partial charge in [-0.2, -0.15) is 12.6 Å². The van der Waals surface area contributed by atoms with Gasteiger partial charge < -0.3 is 39.9 Å². The number of benzene rings is 3. The molecule has 4 N–H and O–H groups in total. The van der Waals surface area contributed by atoms with Crippen molar-refractivity contribution < 1.29 is 28.7 Å². The Bertz CT molecular complexity index is 2350. The number of nitrogens with zero attached hydrogens (tertiary/aromatic N) is 4. The highest BCUT2D eigenvalue weighted by molar-refractivity contribution is 7.80. The number of aromatic nitrogens is 4. The molecule has 1 spiro atoms. The highest BCUT2D eigenvalue weighted by Gasteiger charge is 2.55. The van der Waals surface area contributed by atoms with Gasteiger partial charge in [0.15, 0.2) is 0 Å². The van der Waals surface area contributed by atoms with Gasteiger partial charge in [0.05, 0.1) is 50.6 Å². The second kappa shape index (κ2) is 17.8. The fourth-order valence-electron chi connectivity index (χ4n) is 8.09. The van der Waals surface area contributed by atoms with Crippen LogP contribution in [0.2, 0.25) is 0 Å². The number of hydrogen-bond donors (Lipinski definition) is 5. The molecule has 60 heavy (non-hydrogen) atoms. The molecule has 3 heterocycles. The molecule has 2 aromatic heterocycles. The first-order valence-corrected chi connectivity index (χ1v) is 21.1. The minimum atomic E-state index is -0.743. The highest BCUT2D eigenvalue weighted by atomic mass is 32.1. The van der Waals surface area contributed by atoms with Crippen LogP contribution in [0, 0.1) is 17.3 Å². The van der Waals surface area contributed by atoms with Crippen LogP contribution in [-0.2, 0) is 25.6 Å². The summed E-state index contributed by atoms with van der Waals surface area (Å²) in [5.41, 5.74) is 5.92. The van der Waals surface area contributed by atoms with Crippen LogP contribution >= 0.6 is 12.6 Å². The first-order chi connectivity index (χ1) is 28.8. The average molecular weight is 835 g/mol. The third-order valence-electron chi connectivity index (χ3n) is 11.8. The minimum Gasteiger partial charge on any atom is -0.453 e. The molecule has 5 aromatic rings. The van der Waals surface area contributed by atoms with Gasteiger partial charge in [-0.1, -0.05) is 76.2 Å². The van der Waals surface area contributed by atoms with Crippen molar-refractivity contribution in [3.05, 3.63) is 84.7 Å². The molecule has 4 amide bonds. The van der Waals surface area contributed by atoms with E-state index in [0.29, 0.717) is 24.7 Å². The average Bonchev–Trinajstić information content (AvgIpc) is 3.56. The predicted octanol–water partition coefficient (Wildman–Crippen LogP) is 7.36. The Morgan fingerprint density at radius 1 is 0.800 bits per heavy atom. The van der Waals surface area contributed by atoms with Crippen molar-refractivity contribution in [3.8, 4) is 33.6 Å². The number of carbonyl (C=O) groups is 4. The zero-order chi connectivity index (χ0) is 42.7. The van der Waals surface area contributed by atoms with Crippen LogP contribution in [0.15, 0.2) is 73.1 Å². The molecule has 3 aromatic carbocycles. The van der Waals surface area contributed by atoms with Crippen molar-refractivity contribution in [3.63, 3.8) is 0 Å². The summed E-state index contributed by atoms with van der Waals surface area (Å²) in [4.78, 5) is 71.2. The highest BCUT2D eigenvalue weighted by Crippen LogP contribution is 2.58. The van der Waals surface area contributed by atoms with Crippen LogP contribution in [0.5, 0.6) is 0 Å². The molecule has 3 atom stereocenters. The van der Waals surface area contributed by atoms with Crippen molar-refractivity contribution in [2.75, 3.05) is 33.1 Å². The molecule has 316 valence electrons. The standard InChI is InChI=1S/C45H54N8O6S/c1-26(2)38(50-43(56)58-5)41(54)52(17-18-60)24-37-46-22-34(48-37)29-9-7-28(8-10-29)30-11-12-32-20-33(14-13-31(32)19-30)35-23-47-40(49-35)36-21-45(15-16-45)25-53(36)42(55)39(27(3)4)51-44(57)59-6/h7-14,19-20,22-23,26-27,36,38-39,60H,15-18,21,24-25H2,1-6H3,(H,46,48)(H,47,49)(H,50,56)(H,51,57)/t36-,38-,39-/m0/s1. The molecule has 0 bridgehead atoms. The van der Waals surface area contributed by atoms with E-state index in [1.165, 1.54) is 14.2 Å². The number of fused-ring (bicyclic) bond motifs is 1. The van der Waals surface area contributed by atoms with Gasteiger partial charge in [-0.15, -0.1) is 0 Å². The van der Waals surface area contributed by atoms with Gasteiger partial charge in [0.2, 0.25) is 11.8 Å². The zero-order valence-electron chi connectivity index (χ0n) is 35.0. The summed E-state index contributed by atoms with van der Waals surface area (Å²) in [6.07, 6.45) is 5.34. The molecular weight excluding hydrogens is 781 g/mol. The number of aromatic amines is 2. The topological polar surface area (TPSA) is 175 Å². The Kier molecular flexibility index (Phi) is 12.5. The van der Waals surface area contributed by atoms with Gasteiger partial charge in [-0.25, -0.2) is 19.6 Å². The Labute approximate surface area is 355 Å². The van der Waals surface area contributed by atoms with Crippen molar-refractivity contribution in [1.82, 2.24) is 40.4 Å². The van der Waals surface area contributed by atoms with Crippen LogP contribution in [0.4, 0.5) is 9.59 Å². The smallest absolute Gasteiger partial charge is 0.407 e. The summed E-state index contributed by atoms with van der Waals surface area (Å²) in [5, 5.41) is 7.59. The van der Waals surface area contributed by atoms with Gasteiger partial charge in [0, 0.05) is 24.4 Å². The van der Waals surface area contributed by atoms with Gasteiger partial charge in [-0.05, 0) is 76.1 Å². The monoisotopic (exact) mass is 834 g/mol. The number of imidazole rings is 2. The van der Waals surface area contributed by atoms with E-state index < -0.39 is 24.3 Å². The number of thiol groups is 1. The number of carbonyl (C=O) groups excluding carboxylic acids is 4. The molecule has 2 aliphatic rings. The normalized spacial score (nSPS) is 16.6. The van der Waals surface area contributed by atoms with E-state index >= 15 is 0 Å². The lowest BCUT2D eigenvalue weighted by Gasteiger charge is -2.30. The van der Waals surface area contributed by atoms with E-state index in [4.69, 9.17) is 14.5 Å². The minimum absolute atomic E-state index is 0.108. The van der Waals surface area contributed by atoms with E-state index in [1.807, 2.05) is 50.9 Å². The summed E-state index contributed by atoms with van der Waals surface area (Å²) >= 11 is 4.36. The van der Waals surface area contributed by atoms with Crippen molar-refractivity contribution in [2.45, 2.75) is 71.6 Å². The lowest BCUT2D eigenvalue weighted by atomic mass is 9.98. The van der Waals surface area contributed by atoms with E-state index in [-0.39, 0.29) is 41.7 Å². The Morgan fingerprint density at radius 3 is 1.98 bits per heavy atom. The summed E-state index contributed by atoms with van der Waals surface area (Å²) in [7, 11) is 2.57. The van der Waals surface area contributed by atoms with E-state index in [2.05, 4.69) is 86.7 Å². The first kappa shape index (κ1) is 42.3. The van der Waals surface area contributed by atoms with Crippen LogP contribution in [-0.4, -0.2) is 98.9 Å². The number of hydrogen-bond acceptors (Lipinski definition) is 9. The second-order valence-corrected chi connectivity index (χ2v) is 17.1. The number of rotatable bonds is 14. The van der Waals surface area contributed by atoms with Crippen molar-refractivity contribution in [1.29, 1.82) is 0 Å². The maximum Gasteiger partial charge on any atom is 0.407 e. The number of nitrogens with one attached hydrogen (secondary N) is 4. The first-order valence-electron chi connectivity index (χ1n) is 20.4. The molecule has 1 aliphatic carbocycles. The number of methoxy groups -OCH3 is 2. The van der Waals surface area contributed by atoms with Crippen molar-refractivity contribution in [2.24, 2.45) is 17.3 Å². The number of likely N-dealkylation sites (tertiary alicyclic amines) is 1. The molecule has 1 aliphatic heterocycles. The van der Waals surface area contributed by atoms with Crippen LogP contribution in [0.1, 0.15) is 64.6 Å². The van der Waals surface area contributed by atoms with Gasteiger partial charge in [0.1, 0.15) is 23.7 Å². The molecule has 0 unspecified atom stereocenters. The molecule has 1 saturated carbocycles. The van der Waals surface area contributed by atoms with E-state index in [1.54, 1.807) is 11.1 Å². The predicted molar refractivity (Wildman–Crippen MR) is 233 cm³/mol. The fraction of sp³-hybridized carbons (Fsp3) is 0.422. The molecule has 1 saturated heterocycles. The van der Waals surface area contributed by atoms with Gasteiger partial charge in [0.25, 0.3) is 0 Å². The Balaban J connectivity index is 1.03. The van der Waals surface area contributed by atoms with E-state index in [0.717, 1.165) is 69.5 Å². The maximum absolute atomic E-state index is 13.9. The van der Waals surface area contributed by atoms with Crippen LogP contribution in [0.3, 0.4) is 0 Å². The summed E-state index contributed by atoms with van der Waals surface area (Å²) < 4.78 is 9.55. The van der Waals surface area contributed by atoms with Gasteiger partial charge >= 0.3 is 12.2 Å². The molecule has 2 fully saturated rings. The maximum atomic E-state index is 13.9. The molecule has 7 rings (SSSR count). The summed E-state index contributed by atoms with van der Waals surface area (Å²) in [5.74, 6) is 1.24. The molecular formula is C45H54N8O6S. The zero-order valence-corrected chi connectivity index (χ0v) is 35.8. The lowest BCUT2D eigenvalue weighted by Crippen LogP contribution is -2.51. The third-order valence-corrected chi connectivity index (χ3v) is 12.0. The summed E-state index contributed by atoms with van der Waals surface area (Å²) in [6.45, 7) is 8.86. The Morgan fingerprint density at radius 2 is 1.37 bits per heavy atom. The number of alkyl carbamates (subject to hydrolysis) is 2. The van der Waals surface area contributed by atoms with Crippen LogP contribution in [0.25, 0.3) is 44.4 Å². The lowest BCUT2D eigenvalue weighted by molar-refractivity contribution is -0.136. The van der Waals surface area contributed by atoms with Crippen molar-refractivity contribution >= 4 is 47.4 Å². The third kappa shape index (κ3) is 9.15. The molecule has 14 nitrogen and oxygen atoms in total. The fourth-order valence-corrected chi connectivity index (χ4v) is 8.33. The largest absolute Gasteiger partial charge is 0.453 e. The number of ether oxygens (including phenoxy) is 2. The quantitative estimate of drug-likeness (QED) is 0.0722. The number of amides is 4.